The van der Waals surface area contributed by atoms with Gasteiger partial charge in [-0.1, -0.05) is 6.92 Å². The van der Waals surface area contributed by atoms with Crippen LogP contribution in [0.15, 0.2) is 12.1 Å². The van der Waals surface area contributed by atoms with E-state index in [2.05, 4.69) is 40.6 Å². The average molecular weight is 323 g/mol. The molecule has 3 heterocycles. The van der Waals surface area contributed by atoms with Crippen molar-refractivity contribution < 1.29 is 0 Å². The van der Waals surface area contributed by atoms with E-state index in [-0.39, 0.29) is 0 Å². The zero-order valence-corrected chi connectivity index (χ0v) is 14.1. The smallest absolute Gasteiger partial charge is 0.159 e. The zero-order valence-electron chi connectivity index (χ0n) is 12.6. The van der Waals surface area contributed by atoms with Crippen LogP contribution in [0.25, 0.3) is 11.2 Å². The Morgan fingerprint density at radius 1 is 1.24 bits per heavy atom. The van der Waals surface area contributed by atoms with Crippen LogP contribution in [0.5, 0.6) is 0 Å². The molecule has 0 amide bonds. The number of fused-ring (bicyclic) bond motifs is 1. The molecule has 0 bridgehead atoms. The third-order valence-electron chi connectivity index (χ3n) is 3.68. The van der Waals surface area contributed by atoms with E-state index < -0.39 is 0 Å². The molecule has 0 unspecified atom stereocenters. The molecular formula is C15H19ClN4S. The van der Waals surface area contributed by atoms with Crippen molar-refractivity contribution >= 4 is 34.1 Å². The van der Waals surface area contributed by atoms with Crippen LogP contribution in [0.3, 0.4) is 0 Å². The van der Waals surface area contributed by atoms with Gasteiger partial charge in [-0.2, -0.15) is 5.10 Å². The lowest BCUT2D eigenvalue weighted by Gasteiger charge is -2.07. The van der Waals surface area contributed by atoms with Crippen LogP contribution < -0.4 is 0 Å². The maximum atomic E-state index is 6.10. The second kappa shape index (κ2) is 5.81. The molecule has 0 atom stereocenters. The fourth-order valence-electron chi connectivity index (χ4n) is 2.61. The van der Waals surface area contributed by atoms with Gasteiger partial charge in [0.05, 0.1) is 18.1 Å². The summed E-state index contributed by atoms with van der Waals surface area (Å²) in [5, 5.41) is 4.56. The highest BCUT2D eigenvalue weighted by Gasteiger charge is 2.18. The molecule has 0 N–H and O–H groups in total. The van der Waals surface area contributed by atoms with Crippen LogP contribution in [0.4, 0.5) is 0 Å². The van der Waals surface area contributed by atoms with Gasteiger partial charge in [-0.15, -0.1) is 22.9 Å². The summed E-state index contributed by atoms with van der Waals surface area (Å²) < 4.78 is 4.22. The second-order valence-electron chi connectivity index (χ2n) is 5.04. The molecule has 0 radical (unpaired) electrons. The molecule has 6 heteroatoms. The van der Waals surface area contributed by atoms with Crippen LogP contribution in [-0.4, -0.2) is 19.3 Å². The molecule has 4 nitrogen and oxygen atoms in total. The van der Waals surface area contributed by atoms with E-state index >= 15 is 0 Å². The number of rotatable bonds is 5. The largest absolute Gasteiger partial charge is 0.307 e. The fraction of sp³-hybridized carbons (Fsp3) is 0.467. The molecule has 3 aromatic heterocycles. The van der Waals surface area contributed by atoms with Crippen molar-refractivity contribution in [1.29, 1.82) is 0 Å². The molecule has 0 aliphatic carbocycles. The number of thiophene rings is 1. The number of alkyl halides is 1. The number of nitrogens with zero attached hydrogens (tertiary/aromatic N) is 4. The van der Waals surface area contributed by atoms with Crippen molar-refractivity contribution in [2.75, 3.05) is 0 Å². The van der Waals surface area contributed by atoms with Crippen LogP contribution in [0.2, 0.25) is 0 Å². The first-order chi connectivity index (χ1) is 10.2. The Hall–Kier alpha value is -1.33. The quantitative estimate of drug-likeness (QED) is 0.666. The Morgan fingerprint density at radius 2 is 2.00 bits per heavy atom. The maximum absolute atomic E-state index is 6.10. The van der Waals surface area contributed by atoms with Crippen molar-refractivity contribution in [3.05, 3.63) is 33.4 Å². The molecule has 112 valence electrons. The molecule has 0 aromatic carbocycles. The van der Waals surface area contributed by atoms with Gasteiger partial charge in [0.1, 0.15) is 11.3 Å². The minimum Gasteiger partial charge on any atom is -0.307 e. The van der Waals surface area contributed by atoms with Crippen molar-refractivity contribution in [3.8, 4) is 0 Å². The predicted octanol–water partition coefficient (Wildman–Crippen LogP) is 3.97. The van der Waals surface area contributed by atoms with E-state index in [0.717, 1.165) is 42.2 Å². The summed E-state index contributed by atoms with van der Waals surface area (Å²) in [6, 6.07) is 4.41. The van der Waals surface area contributed by atoms with Gasteiger partial charge >= 0.3 is 0 Å². The Morgan fingerprint density at radius 3 is 2.62 bits per heavy atom. The summed E-state index contributed by atoms with van der Waals surface area (Å²) in [6.45, 7) is 7.94. The minimum absolute atomic E-state index is 0.420. The standard InChI is InChI=1S/C15H19ClN4S/c1-4-11-6-7-12(21-11)9-19-13(8-16)17-14-10(3)18-20(5-2)15(14)19/h6-7H,4-5,8-9H2,1-3H3. The van der Waals surface area contributed by atoms with Crippen molar-refractivity contribution in [1.82, 2.24) is 19.3 Å². The summed E-state index contributed by atoms with van der Waals surface area (Å²) in [6.07, 6.45) is 1.08. The number of halogens is 1. The molecule has 0 fully saturated rings. The molecule has 3 aromatic rings. The topological polar surface area (TPSA) is 35.6 Å². The fourth-order valence-corrected chi connectivity index (χ4v) is 3.76. The maximum Gasteiger partial charge on any atom is 0.159 e. The number of imidazole rings is 1. The molecule has 0 saturated heterocycles. The van der Waals surface area contributed by atoms with Gasteiger partial charge in [0, 0.05) is 16.3 Å². The molecule has 21 heavy (non-hydrogen) atoms. The van der Waals surface area contributed by atoms with Crippen LogP contribution in [-0.2, 0) is 25.4 Å². The first-order valence-electron chi connectivity index (χ1n) is 7.24. The summed E-state index contributed by atoms with van der Waals surface area (Å²) in [5.74, 6) is 1.34. The third kappa shape index (κ3) is 2.49. The Labute approximate surface area is 133 Å². The van der Waals surface area contributed by atoms with E-state index in [1.807, 2.05) is 22.9 Å². The van der Waals surface area contributed by atoms with Crippen molar-refractivity contribution in [3.63, 3.8) is 0 Å². The highest BCUT2D eigenvalue weighted by Crippen LogP contribution is 2.25. The van der Waals surface area contributed by atoms with Gasteiger partial charge in [0.25, 0.3) is 0 Å². The molecule has 0 aliphatic heterocycles. The predicted molar refractivity (Wildman–Crippen MR) is 88.3 cm³/mol. The molecule has 0 saturated carbocycles. The Balaban J connectivity index is 2.10. The van der Waals surface area contributed by atoms with Crippen molar-refractivity contribution in [2.45, 2.75) is 46.2 Å². The van der Waals surface area contributed by atoms with Gasteiger partial charge in [-0.05, 0) is 32.4 Å². The normalized spacial score (nSPS) is 11.6. The third-order valence-corrected chi connectivity index (χ3v) is 5.13. The van der Waals surface area contributed by atoms with Crippen LogP contribution >= 0.6 is 22.9 Å². The lowest BCUT2D eigenvalue weighted by atomic mass is 10.3. The molecule has 0 aliphatic rings. The lowest BCUT2D eigenvalue weighted by Crippen LogP contribution is -2.08. The summed E-state index contributed by atoms with van der Waals surface area (Å²) in [4.78, 5) is 7.42. The summed E-state index contributed by atoms with van der Waals surface area (Å²) in [7, 11) is 0. The molecular weight excluding hydrogens is 304 g/mol. The minimum atomic E-state index is 0.420. The van der Waals surface area contributed by atoms with Gasteiger partial charge in [0.2, 0.25) is 0 Å². The van der Waals surface area contributed by atoms with E-state index in [0.29, 0.717) is 5.88 Å². The van der Waals surface area contributed by atoms with E-state index in [9.17, 15) is 0 Å². The van der Waals surface area contributed by atoms with Gasteiger partial charge in [-0.25, -0.2) is 9.67 Å². The van der Waals surface area contributed by atoms with Gasteiger partial charge in [-0.3, -0.25) is 0 Å². The number of hydrogen-bond donors (Lipinski definition) is 0. The highest BCUT2D eigenvalue weighted by atomic mass is 35.5. The number of aryl methyl sites for hydroxylation is 3. The monoisotopic (exact) mass is 322 g/mol. The number of aromatic nitrogens is 4. The first kappa shape index (κ1) is 14.6. The highest BCUT2D eigenvalue weighted by molar-refractivity contribution is 7.11. The van der Waals surface area contributed by atoms with Crippen LogP contribution in [0.1, 0.15) is 35.1 Å². The lowest BCUT2D eigenvalue weighted by molar-refractivity contribution is 0.640. The van der Waals surface area contributed by atoms with E-state index in [1.165, 1.54) is 9.75 Å². The first-order valence-corrected chi connectivity index (χ1v) is 8.59. The SMILES string of the molecule is CCc1ccc(Cn2c(CCl)nc3c(C)nn(CC)c32)s1. The average Bonchev–Trinajstić information content (AvgIpc) is 3.16. The van der Waals surface area contributed by atoms with Gasteiger partial charge < -0.3 is 4.57 Å². The van der Waals surface area contributed by atoms with E-state index in [1.54, 1.807) is 0 Å². The summed E-state index contributed by atoms with van der Waals surface area (Å²) in [5.41, 5.74) is 3.02. The van der Waals surface area contributed by atoms with Crippen molar-refractivity contribution in [2.24, 2.45) is 0 Å². The second-order valence-corrected chi connectivity index (χ2v) is 6.56. The Bertz CT molecular complexity index is 768. The summed E-state index contributed by atoms with van der Waals surface area (Å²) >= 11 is 7.96. The van der Waals surface area contributed by atoms with Gasteiger partial charge in [0.15, 0.2) is 5.65 Å². The molecule has 0 spiro atoms. The zero-order chi connectivity index (χ0) is 15.0. The Kier molecular flexibility index (Phi) is 4.04. The number of hydrogen-bond acceptors (Lipinski definition) is 3. The van der Waals surface area contributed by atoms with E-state index in [4.69, 9.17) is 11.6 Å². The van der Waals surface area contributed by atoms with Crippen LogP contribution in [0, 0.1) is 6.92 Å². The molecule has 3 rings (SSSR count).